The van der Waals surface area contributed by atoms with Gasteiger partial charge in [-0.15, -0.1) is 0 Å². The van der Waals surface area contributed by atoms with Crippen molar-refractivity contribution < 1.29 is 8.42 Å². The largest absolute Gasteiger partial charge is 0.299 e. The summed E-state index contributed by atoms with van der Waals surface area (Å²) in [6.45, 7) is 5.47. The SMILES string of the molecule is CCc1ccc(S(=O)(=O)NCC2CCN(Cc3cccnc3)CC2)cc1. The summed E-state index contributed by atoms with van der Waals surface area (Å²) in [6.07, 6.45) is 6.63. The molecular formula is C20H27N3O2S. The lowest BCUT2D eigenvalue weighted by molar-refractivity contribution is 0.178. The molecule has 2 aromatic rings. The van der Waals surface area contributed by atoms with Crippen LogP contribution in [0.15, 0.2) is 53.7 Å². The van der Waals surface area contributed by atoms with Crippen molar-refractivity contribution >= 4 is 10.0 Å². The van der Waals surface area contributed by atoms with Crippen LogP contribution >= 0.6 is 0 Å². The Morgan fingerprint density at radius 2 is 1.85 bits per heavy atom. The third kappa shape index (κ3) is 5.13. The van der Waals surface area contributed by atoms with Crippen LogP contribution < -0.4 is 4.72 Å². The Morgan fingerprint density at radius 1 is 1.12 bits per heavy atom. The third-order valence-electron chi connectivity index (χ3n) is 5.04. The van der Waals surface area contributed by atoms with Gasteiger partial charge in [-0.05, 0) is 67.6 Å². The van der Waals surface area contributed by atoms with Crippen molar-refractivity contribution in [3.05, 3.63) is 59.9 Å². The zero-order valence-electron chi connectivity index (χ0n) is 15.3. The summed E-state index contributed by atoms with van der Waals surface area (Å²) < 4.78 is 27.7. The van der Waals surface area contributed by atoms with Crippen LogP contribution in [0.25, 0.3) is 0 Å². The van der Waals surface area contributed by atoms with E-state index >= 15 is 0 Å². The number of sulfonamides is 1. The van der Waals surface area contributed by atoms with Crippen LogP contribution in [0.5, 0.6) is 0 Å². The van der Waals surface area contributed by atoms with E-state index in [4.69, 9.17) is 0 Å². The molecule has 1 aromatic carbocycles. The fraction of sp³-hybridized carbons (Fsp3) is 0.450. The van der Waals surface area contributed by atoms with Gasteiger partial charge in [0.2, 0.25) is 10.0 Å². The van der Waals surface area contributed by atoms with E-state index in [1.54, 1.807) is 18.3 Å². The molecule has 140 valence electrons. The van der Waals surface area contributed by atoms with Gasteiger partial charge in [0, 0.05) is 25.5 Å². The topological polar surface area (TPSA) is 62.3 Å². The molecule has 0 unspecified atom stereocenters. The lowest BCUT2D eigenvalue weighted by Gasteiger charge is -2.31. The Labute approximate surface area is 156 Å². The molecule has 1 N–H and O–H groups in total. The van der Waals surface area contributed by atoms with E-state index in [1.165, 1.54) is 5.56 Å². The van der Waals surface area contributed by atoms with Gasteiger partial charge in [0.25, 0.3) is 0 Å². The molecule has 26 heavy (non-hydrogen) atoms. The van der Waals surface area contributed by atoms with E-state index in [9.17, 15) is 8.42 Å². The molecule has 5 nitrogen and oxygen atoms in total. The first-order valence-electron chi connectivity index (χ1n) is 9.26. The molecule has 0 spiro atoms. The van der Waals surface area contributed by atoms with Crippen LogP contribution in [-0.4, -0.2) is 37.9 Å². The zero-order chi connectivity index (χ0) is 18.4. The van der Waals surface area contributed by atoms with Crippen LogP contribution in [0.4, 0.5) is 0 Å². The average molecular weight is 374 g/mol. The van der Waals surface area contributed by atoms with Gasteiger partial charge in [0.15, 0.2) is 0 Å². The minimum atomic E-state index is -3.42. The summed E-state index contributed by atoms with van der Waals surface area (Å²) in [6, 6.07) is 11.2. The highest BCUT2D eigenvalue weighted by Crippen LogP contribution is 2.19. The second kappa shape index (κ2) is 8.75. The van der Waals surface area contributed by atoms with Crippen molar-refractivity contribution in [1.29, 1.82) is 0 Å². The van der Waals surface area contributed by atoms with E-state index in [0.29, 0.717) is 17.4 Å². The molecule has 1 saturated heterocycles. The number of benzene rings is 1. The van der Waals surface area contributed by atoms with E-state index in [2.05, 4.69) is 27.6 Å². The minimum Gasteiger partial charge on any atom is -0.299 e. The molecule has 2 heterocycles. The molecule has 0 atom stereocenters. The molecule has 0 amide bonds. The standard InChI is InChI=1S/C20H27N3O2S/c1-2-17-5-7-20(8-6-17)26(24,25)22-15-18-9-12-23(13-10-18)16-19-4-3-11-21-14-19/h3-8,11,14,18,22H,2,9-10,12-13,15-16H2,1H3. The number of likely N-dealkylation sites (tertiary alicyclic amines) is 1. The van der Waals surface area contributed by atoms with Gasteiger partial charge in [0.05, 0.1) is 4.90 Å². The first-order chi connectivity index (χ1) is 12.6. The van der Waals surface area contributed by atoms with Crippen LogP contribution in [0.1, 0.15) is 30.9 Å². The highest BCUT2D eigenvalue weighted by molar-refractivity contribution is 7.89. The fourth-order valence-electron chi connectivity index (χ4n) is 3.31. The second-order valence-corrected chi connectivity index (χ2v) is 8.70. The van der Waals surface area contributed by atoms with Gasteiger partial charge < -0.3 is 0 Å². The molecule has 1 aliphatic rings. The third-order valence-corrected chi connectivity index (χ3v) is 6.48. The first kappa shape index (κ1) is 19.0. The number of nitrogens with one attached hydrogen (secondary N) is 1. The van der Waals surface area contributed by atoms with Gasteiger partial charge in [-0.3, -0.25) is 9.88 Å². The highest BCUT2D eigenvalue weighted by Gasteiger charge is 2.22. The molecule has 0 aliphatic carbocycles. The number of pyridine rings is 1. The summed E-state index contributed by atoms with van der Waals surface area (Å²) in [5, 5.41) is 0. The normalized spacial score (nSPS) is 16.7. The lowest BCUT2D eigenvalue weighted by Crippen LogP contribution is -2.38. The van der Waals surface area contributed by atoms with E-state index in [-0.39, 0.29) is 0 Å². The Bertz CT molecular complexity index is 784. The molecule has 0 bridgehead atoms. The minimum absolute atomic E-state index is 0.351. The summed E-state index contributed by atoms with van der Waals surface area (Å²) in [4.78, 5) is 6.92. The zero-order valence-corrected chi connectivity index (χ0v) is 16.1. The molecule has 6 heteroatoms. The van der Waals surface area contributed by atoms with Gasteiger partial charge in [-0.2, -0.15) is 0 Å². The molecule has 1 aromatic heterocycles. The maximum atomic E-state index is 12.5. The maximum absolute atomic E-state index is 12.5. The lowest BCUT2D eigenvalue weighted by atomic mass is 9.97. The molecule has 3 rings (SSSR count). The highest BCUT2D eigenvalue weighted by atomic mass is 32.2. The van der Waals surface area contributed by atoms with Gasteiger partial charge in [-0.25, -0.2) is 13.1 Å². The number of piperidine rings is 1. The molecule has 1 aliphatic heterocycles. The van der Waals surface area contributed by atoms with Gasteiger partial charge >= 0.3 is 0 Å². The number of hydrogen-bond acceptors (Lipinski definition) is 4. The fourth-order valence-corrected chi connectivity index (χ4v) is 4.43. The molecule has 0 saturated carbocycles. The van der Waals surface area contributed by atoms with Crippen molar-refractivity contribution in [2.45, 2.75) is 37.6 Å². The van der Waals surface area contributed by atoms with Crippen LogP contribution in [0, 0.1) is 5.92 Å². The summed E-state index contributed by atoms with van der Waals surface area (Å²) in [5.74, 6) is 0.393. The van der Waals surface area contributed by atoms with Crippen molar-refractivity contribution in [3.8, 4) is 0 Å². The van der Waals surface area contributed by atoms with E-state index in [0.717, 1.165) is 44.5 Å². The molecule has 1 fully saturated rings. The van der Waals surface area contributed by atoms with Crippen molar-refractivity contribution in [2.75, 3.05) is 19.6 Å². The van der Waals surface area contributed by atoms with Crippen LogP contribution in [-0.2, 0) is 23.0 Å². The summed E-state index contributed by atoms with van der Waals surface area (Å²) in [5.41, 5.74) is 2.37. The summed E-state index contributed by atoms with van der Waals surface area (Å²) >= 11 is 0. The number of hydrogen-bond donors (Lipinski definition) is 1. The van der Waals surface area contributed by atoms with Crippen LogP contribution in [0.3, 0.4) is 0 Å². The quantitative estimate of drug-likeness (QED) is 0.811. The van der Waals surface area contributed by atoms with Gasteiger partial charge in [0.1, 0.15) is 0 Å². The van der Waals surface area contributed by atoms with Gasteiger partial charge in [-0.1, -0.05) is 25.1 Å². The number of rotatable bonds is 7. The Kier molecular flexibility index (Phi) is 6.40. The second-order valence-electron chi connectivity index (χ2n) is 6.93. The maximum Gasteiger partial charge on any atom is 0.240 e. The molecular weight excluding hydrogens is 346 g/mol. The van der Waals surface area contributed by atoms with Crippen molar-refractivity contribution in [1.82, 2.24) is 14.6 Å². The van der Waals surface area contributed by atoms with Crippen molar-refractivity contribution in [2.24, 2.45) is 5.92 Å². The average Bonchev–Trinajstić information content (AvgIpc) is 2.68. The number of aryl methyl sites for hydroxylation is 1. The Morgan fingerprint density at radius 3 is 2.46 bits per heavy atom. The summed E-state index contributed by atoms with van der Waals surface area (Å²) in [7, 11) is -3.42. The number of nitrogens with zero attached hydrogens (tertiary/aromatic N) is 2. The molecule has 0 radical (unpaired) electrons. The first-order valence-corrected chi connectivity index (χ1v) is 10.7. The Hall–Kier alpha value is -1.76. The Balaban J connectivity index is 1.47. The van der Waals surface area contributed by atoms with E-state index < -0.39 is 10.0 Å². The predicted molar refractivity (Wildman–Crippen MR) is 103 cm³/mol. The predicted octanol–water partition coefficient (Wildman–Crippen LogP) is 2.83. The monoisotopic (exact) mass is 373 g/mol. The van der Waals surface area contributed by atoms with E-state index in [1.807, 2.05) is 24.4 Å². The smallest absolute Gasteiger partial charge is 0.240 e. The number of aromatic nitrogens is 1. The van der Waals surface area contributed by atoms with Crippen molar-refractivity contribution in [3.63, 3.8) is 0 Å². The van der Waals surface area contributed by atoms with Crippen LogP contribution in [0.2, 0.25) is 0 Å².